The molecule has 0 spiro atoms. The topological polar surface area (TPSA) is 206 Å². The molecule has 9 heterocycles. The average molecular weight is 1140 g/mol. The van der Waals surface area contributed by atoms with Crippen molar-refractivity contribution in [2.24, 2.45) is 11.8 Å². The summed E-state index contributed by atoms with van der Waals surface area (Å²) in [6.07, 6.45) is 9.48. The largest absolute Gasteiger partial charge is 0.507 e. The molecule has 2 bridgehead atoms. The van der Waals surface area contributed by atoms with Crippen LogP contribution in [0.1, 0.15) is 120 Å². The highest BCUT2D eigenvalue weighted by Gasteiger charge is 2.48. The predicted molar refractivity (Wildman–Crippen MR) is 315 cm³/mol. The highest BCUT2D eigenvalue weighted by molar-refractivity contribution is 7.13. The van der Waals surface area contributed by atoms with E-state index in [0.717, 1.165) is 143 Å². The maximum absolute atomic E-state index is 16.7. The molecule has 5 N–H and O–H groups in total. The third-order valence-corrected chi connectivity index (χ3v) is 20.5. The molecule has 7 fully saturated rings. The monoisotopic (exact) mass is 1140 g/mol. The number of hydrogen-bond acceptors (Lipinski definition) is 17. The Hall–Kier alpha value is -5.77. The molecule has 1 saturated carbocycles. The summed E-state index contributed by atoms with van der Waals surface area (Å²) in [5, 5.41) is 37.4. The van der Waals surface area contributed by atoms with E-state index in [4.69, 9.17) is 15.0 Å². The Kier molecular flexibility index (Phi) is 16.6. The number of thiazole rings is 1. The molecule has 20 heteroatoms. The molecule has 6 atom stereocenters. The Morgan fingerprint density at radius 3 is 2.27 bits per heavy atom. The van der Waals surface area contributed by atoms with Crippen molar-refractivity contribution in [3.8, 4) is 27.4 Å². The number of nitrogens with two attached hydrogens (primary N) is 1. The average Bonchev–Trinajstić information content (AvgIpc) is 3.43. The first-order chi connectivity index (χ1) is 39.6. The number of aliphatic hydroxyl groups excluding tert-OH is 1. The van der Waals surface area contributed by atoms with Crippen molar-refractivity contribution in [1.82, 2.24) is 45.3 Å². The van der Waals surface area contributed by atoms with Crippen molar-refractivity contribution in [2.45, 2.75) is 158 Å². The number of halogens is 1. The third kappa shape index (κ3) is 12.1. The van der Waals surface area contributed by atoms with Crippen LogP contribution in [0.2, 0.25) is 0 Å². The number of nitrogens with zero attached hydrogens (tertiary/aromatic N) is 10. The number of hydrogen-bond donors (Lipinski definition) is 4. The zero-order valence-corrected chi connectivity index (χ0v) is 48.9. The number of carbonyl (C=O) groups is 2. The molecule has 6 saturated heterocycles. The van der Waals surface area contributed by atoms with E-state index in [0.29, 0.717) is 66.4 Å². The SMILES string of the molecule is Cc1ncsc1-c1ccc([C@H](C)NC(=O)[C@@H]2C[C@@H](O)CN2C(=O)[C@@H](c2cc(N3CCC(CN4CCC(OC5CC(N6CCC(F)(CN7C8CC[C@@H]7CN(c7cc(-c9ccccc9O)nnc7N)C8)CC6)C5)CC4)CC3)no2)C(C)C)cc1. The molecule has 1 aliphatic carbocycles. The highest BCUT2D eigenvalue weighted by atomic mass is 32.1. The number of benzene rings is 2. The summed E-state index contributed by atoms with van der Waals surface area (Å²) in [6.45, 7) is 16.5. The van der Waals surface area contributed by atoms with Gasteiger partial charge in [-0.25, -0.2) is 9.37 Å². The van der Waals surface area contributed by atoms with E-state index in [2.05, 4.69) is 50.2 Å². The molecule has 3 aromatic heterocycles. The van der Waals surface area contributed by atoms with Gasteiger partial charge in [0, 0.05) is 108 Å². The van der Waals surface area contributed by atoms with Crippen LogP contribution in [-0.4, -0.2) is 182 Å². The van der Waals surface area contributed by atoms with Gasteiger partial charge in [0.15, 0.2) is 17.4 Å². The first-order valence-corrected chi connectivity index (χ1v) is 31.2. The highest BCUT2D eigenvalue weighted by Crippen LogP contribution is 2.42. The second-order valence-electron chi connectivity index (χ2n) is 25.3. The fraction of sp³-hybridized carbons (Fsp3) is 0.613. The number of carbonyl (C=O) groups excluding carboxylic acids is 2. The van der Waals surface area contributed by atoms with Crippen LogP contribution in [0.25, 0.3) is 21.7 Å². The fourth-order valence-corrected chi connectivity index (χ4v) is 15.3. The molecule has 12 rings (SSSR count). The van der Waals surface area contributed by atoms with Crippen LogP contribution in [-0.2, 0) is 14.3 Å². The lowest BCUT2D eigenvalue weighted by atomic mass is 9.84. The van der Waals surface area contributed by atoms with Crippen LogP contribution >= 0.6 is 11.3 Å². The standard InChI is InChI=1S/C62H83FN12O6S/c1-38(2)57(61(79)74-35-47(76)29-53(74)60(78)66-39(3)42-9-11-43(12-10-42)58-40(4)65-37-82-58)55-31-56(69-81-55)72-23-15-41(16-24-72)32-70-21-17-48(18-22-70)80-49-27-46(28-49)71-25-19-62(63,20-26-71)36-75-44-13-14-45(75)34-73(33-44)52-30-51(67-68-59(52)64)50-7-5-6-8-54(50)77/h5-12,30-31,37-39,41,44-49,53,57,76-77H,13-29,32-36H2,1-4H3,(H2,64,68)(H,66,78)/t39-,44+,45?,46?,47+,49?,53-,57+/m0/s1. The third-order valence-electron chi connectivity index (χ3n) is 19.5. The van der Waals surface area contributed by atoms with Crippen molar-refractivity contribution in [1.29, 1.82) is 0 Å². The minimum Gasteiger partial charge on any atom is -0.507 e. The maximum Gasteiger partial charge on any atom is 0.243 e. The molecular formula is C62H83FN12O6S. The van der Waals surface area contributed by atoms with Gasteiger partial charge in [0.1, 0.15) is 23.4 Å². The van der Waals surface area contributed by atoms with Crippen molar-refractivity contribution in [3.63, 3.8) is 0 Å². The minimum atomic E-state index is -1.19. The molecule has 2 amide bonds. The number of anilines is 3. The Morgan fingerprint density at radius 1 is 0.866 bits per heavy atom. The van der Waals surface area contributed by atoms with Gasteiger partial charge in [-0.1, -0.05) is 55.4 Å². The molecule has 7 aliphatic rings. The number of aryl methyl sites for hydroxylation is 1. The number of ether oxygens (including phenoxy) is 1. The van der Waals surface area contributed by atoms with Crippen LogP contribution in [0.4, 0.5) is 21.7 Å². The second kappa shape index (κ2) is 24.1. The number of piperidine rings is 3. The van der Waals surface area contributed by atoms with E-state index >= 15 is 4.39 Å². The number of phenolic OH excluding ortho intramolecular Hbond substituents is 1. The van der Waals surface area contributed by atoms with E-state index in [9.17, 15) is 19.8 Å². The van der Waals surface area contributed by atoms with Gasteiger partial charge in [-0.15, -0.1) is 21.5 Å². The Bertz CT molecular complexity index is 2990. The Balaban J connectivity index is 0.546. The molecule has 0 radical (unpaired) electrons. The second-order valence-corrected chi connectivity index (χ2v) is 26.2. The van der Waals surface area contributed by atoms with Gasteiger partial charge in [-0.3, -0.25) is 19.4 Å². The molecular weight excluding hydrogens is 1060 g/mol. The van der Waals surface area contributed by atoms with Crippen LogP contribution in [0.5, 0.6) is 5.75 Å². The smallest absolute Gasteiger partial charge is 0.243 e. The summed E-state index contributed by atoms with van der Waals surface area (Å²) in [5.74, 6) is 1.04. The molecule has 6 aliphatic heterocycles. The van der Waals surface area contributed by atoms with Crippen molar-refractivity contribution in [3.05, 3.63) is 83.2 Å². The summed E-state index contributed by atoms with van der Waals surface area (Å²) in [7, 11) is 0. The van der Waals surface area contributed by atoms with Gasteiger partial charge in [0.2, 0.25) is 11.8 Å². The molecule has 2 aromatic carbocycles. The minimum absolute atomic E-state index is 0.0848. The Labute approximate surface area is 485 Å². The number of nitrogen functional groups attached to an aromatic ring is 1. The fourth-order valence-electron chi connectivity index (χ4n) is 14.5. The lowest BCUT2D eigenvalue weighted by Gasteiger charge is -2.49. The summed E-state index contributed by atoms with van der Waals surface area (Å²) >= 11 is 1.60. The van der Waals surface area contributed by atoms with E-state index in [1.165, 1.54) is 0 Å². The van der Waals surface area contributed by atoms with Gasteiger partial charge in [0.05, 0.1) is 51.8 Å². The number of β-amino-alcohol motifs (C(OH)–C–C–N with tert-alkyl or cyclic N) is 1. The summed E-state index contributed by atoms with van der Waals surface area (Å²) in [5.41, 5.74) is 12.1. The number of alkyl halides is 1. The number of rotatable bonds is 17. The Morgan fingerprint density at radius 2 is 1.59 bits per heavy atom. The van der Waals surface area contributed by atoms with Gasteiger partial charge >= 0.3 is 0 Å². The summed E-state index contributed by atoms with van der Waals surface area (Å²) in [6, 6.07) is 19.0. The van der Waals surface area contributed by atoms with Crippen LogP contribution in [0.15, 0.2) is 70.7 Å². The van der Waals surface area contributed by atoms with Crippen molar-refractivity contribution >= 4 is 40.5 Å². The van der Waals surface area contributed by atoms with Gasteiger partial charge in [-0.2, -0.15) is 0 Å². The van der Waals surface area contributed by atoms with E-state index in [1.54, 1.807) is 28.4 Å². The summed E-state index contributed by atoms with van der Waals surface area (Å²) < 4.78 is 29.4. The number of nitrogens with one attached hydrogen (secondary N) is 1. The number of phenols is 1. The van der Waals surface area contributed by atoms with Gasteiger partial charge in [0.25, 0.3) is 0 Å². The molecule has 5 aromatic rings. The molecule has 1 unspecified atom stereocenters. The maximum atomic E-state index is 16.7. The number of aromatic nitrogens is 4. The zero-order chi connectivity index (χ0) is 56.8. The van der Waals surface area contributed by atoms with E-state index in [-0.39, 0.29) is 54.6 Å². The molecule has 82 heavy (non-hydrogen) atoms. The summed E-state index contributed by atoms with van der Waals surface area (Å²) in [4.78, 5) is 47.4. The number of aliphatic hydroxyl groups is 1. The number of para-hydroxylation sites is 1. The van der Waals surface area contributed by atoms with Crippen molar-refractivity contribution in [2.75, 3.05) is 87.5 Å². The van der Waals surface area contributed by atoms with Crippen LogP contribution < -0.4 is 20.9 Å². The lowest BCUT2D eigenvalue weighted by Crippen LogP contribution is -2.60. The number of aromatic hydroxyl groups is 1. The van der Waals surface area contributed by atoms with Gasteiger partial charge in [-0.05, 0) is 119 Å². The van der Waals surface area contributed by atoms with Gasteiger partial charge < -0.3 is 50.1 Å². The first kappa shape index (κ1) is 56.7. The number of amides is 2. The quantitative estimate of drug-likeness (QED) is 0.0701. The van der Waals surface area contributed by atoms with Crippen molar-refractivity contribution < 1.29 is 33.5 Å². The number of fused-ring (bicyclic) bond motifs is 2. The number of likely N-dealkylation sites (tertiary alicyclic amines) is 3. The van der Waals surface area contributed by atoms with E-state index in [1.807, 2.05) is 81.7 Å². The van der Waals surface area contributed by atoms with E-state index < -0.39 is 23.7 Å². The predicted octanol–water partition coefficient (Wildman–Crippen LogP) is 7.82. The van der Waals surface area contributed by atoms with Crippen LogP contribution in [0.3, 0.4) is 0 Å². The molecule has 440 valence electrons. The first-order valence-electron chi connectivity index (χ1n) is 30.4. The normalized spacial score (nSPS) is 26.5. The lowest BCUT2D eigenvalue weighted by molar-refractivity contribution is -0.141. The zero-order valence-electron chi connectivity index (χ0n) is 48.1. The van der Waals surface area contributed by atoms with Crippen LogP contribution in [0, 0.1) is 18.8 Å². The molecule has 18 nitrogen and oxygen atoms in total. The number of piperazine rings is 1.